The Morgan fingerprint density at radius 2 is 1.03 bits per heavy atom. The molecule has 0 fully saturated rings. The van der Waals surface area contributed by atoms with E-state index < -0.39 is 0 Å². The molecular weight excluding hydrogens is 412 g/mol. The molecule has 6 rings (SSSR count). The lowest BCUT2D eigenvalue weighted by Gasteiger charge is -2.26. The Morgan fingerprint density at radius 3 is 1.85 bits per heavy atom. The van der Waals surface area contributed by atoms with Crippen molar-refractivity contribution >= 4 is 50.0 Å². The molecule has 1 N–H and O–H groups in total. The van der Waals surface area contributed by atoms with Gasteiger partial charge in [-0.15, -0.1) is 0 Å². The van der Waals surface area contributed by atoms with E-state index in [2.05, 4.69) is 150 Å². The van der Waals surface area contributed by atoms with Crippen molar-refractivity contribution in [2.75, 3.05) is 10.2 Å². The summed E-state index contributed by atoms with van der Waals surface area (Å²) in [6.07, 6.45) is 0. The van der Waals surface area contributed by atoms with Gasteiger partial charge in [-0.05, 0) is 70.8 Å². The van der Waals surface area contributed by atoms with E-state index in [0.717, 1.165) is 28.4 Å². The molecule has 0 aliphatic rings. The average Bonchev–Trinajstić information content (AvgIpc) is 2.91. The number of rotatable bonds is 5. The van der Waals surface area contributed by atoms with Crippen molar-refractivity contribution in [1.82, 2.24) is 0 Å². The highest BCUT2D eigenvalue weighted by atomic mass is 15.1. The fraction of sp³-hybridized carbons (Fsp3) is 0. The predicted octanol–water partition coefficient (Wildman–Crippen LogP) is 9.21. The molecule has 0 bridgehead atoms. The molecule has 2 nitrogen and oxygen atoms in total. The monoisotopic (exact) mass is 436 g/mol. The molecule has 6 aromatic rings. The van der Waals surface area contributed by atoms with E-state index in [1.54, 1.807) is 0 Å². The lowest BCUT2D eigenvalue weighted by Crippen LogP contribution is -2.09. The fourth-order valence-electron chi connectivity index (χ4n) is 4.52. The second kappa shape index (κ2) is 8.76. The van der Waals surface area contributed by atoms with Gasteiger partial charge in [-0.3, -0.25) is 0 Å². The number of para-hydroxylation sites is 1. The zero-order chi connectivity index (χ0) is 22.7. The fourth-order valence-corrected chi connectivity index (χ4v) is 4.52. The van der Waals surface area contributed by atoms with Gasteiger partial charge in [-0.25, -0.2) is 0 Å². The van der Waals surface area contributed by atoms with Crippen molar-refractivity contribution in [2.45, 2.75) is 0 Å². The maximum Gasteiger partial charge on any atom is 0.0468 e. The van der Waals surface area contributed by atoms with Crippen LogP contribution in [-0.4, -0.2) is 0 Å². The van der Waals surface area contributed by atoms with E-state index in [-0.39, 0.29) is 0 Å². The number of hydrogen-bond acceptors (Lipinski definition) is 2. The van der Waals surface area contributed by atoms with Gasteiger partial charge in [-0.1, -0.05) is 84.9 Å². The molecule has 0 saturated carbocycles. The van der Waals surface area contributed by atoms with Gasteiger partial charge in [0.25, 0.3) is 0 Å². The normalized spacial score (nSPS) is 10.9. The van der Waals surface area contributed by atoms with Crippen LogP contribution in [0, 0.1) is 0 Å². The minimum atomic E-state index is 1.06. The summed E-state index contributed by atoms with van der Waals surface area (Å²) in [5.74, 6) is 0. The molecule has 6 aromatic carbocycles. The molecule has 0 radical (unpaired) electrons. The van der Waals surface area contributed by atoms with Crippen molar-refractivity contribution in [3.8, 4) is 0 Å². The number of nitrogens with one attached hydrogen (secondary N) is 1. The molecule has 162 valence electrons. The first kappa shape index (κ1) is 20.1. The van der Waals surface area contributed by atoms with E-state index in [4.69, 9.17) is 0 Å². The number of hydrogen-bond donors (Lipinski definition) is 1. The van der Waals surface area contributed by atoms with E-state index in [0.29, 0.717) is 0 Å². The maximum atomic E-state index is 3.60. The highest BCUT2D eigenvalue weighted by Crippen LogP contribution is 2.37. The van der Waals surface area contributed by atoms with Crippen LogP contribution in [0.1, 0.15) is 0 Å². The summed E-state index contributed by atoms with van der Waals surface area (Å²) < 4.78 is 0. The summed E-state index contributed by atoms with van der Waals surface area (Å²) in [6.45, 7) is 0. The Balaban J connectivity index is 1.37. The minimum Gasteiger partial charge on any atom is -0.355 e. The van der Waals surface area contributed by atoms with Gasteiger partial charge in [0.15, 0.2) is 0 Å². The quantitative estimate of drug-likeness (QED) is 0.290. The average molecular weight is 437 g/mol. The molecule has 0 saturated heterocycles. The lowest BCUT2D eigenvalue weighted by molar-refractivity contribution is 1.29. The van der Waals surface area contributed by atoms with Crippen LogP contribution in [0.15, 0.2) is 140 Å². The SMILES string of the molecule is c1ccc(N(c2ccc(Nc3cccc4ccccc34)cc2)c2ccc3ccccc3c2)cc1. The second-order valence-electron chi connectivity index (χ2n) is 8.40. The van der Waals surface area contributed by atoms with Crippen molar-refractivity contribution in [2.24, 2.45) is 0 Å². The molecule has 0 unspecified atom stereocenters. The van der Waals surface area contributed by atoms with Gasteiger partial charge in [-0.2, -0.15) is 0 Å². The lowest BCUT2D eigenvalue weighted by atomic mass is 10.1. The summed E-state index contributed by atoms with van der Waals surface area (Å²) >= 11 is 0. The molecule has 0 aliphatic heterocycles. The van der Waals surface area contributed by atoms with Crippen LogP contribution in [0.5, 0.6) is 0 Å². The first-order valence-electron chi connectivity index (χ1n) is 11.5. The highest BCUT2D eigenvalue weighted by Gasteiger charge is 2.13. The first-order chi connectivity index (χ1) is 16.8. The van der Waals surface area contributed by atoms with Crippen molar-refractivity contribution in [3.63, 3.8) is 0 Å². The second-order valence-corrected chi connectivity index (χ2v) is 8.40. The molecule has 0 spiro atoms. The topological polar surface area (TPSA) is 15.3 Å². The summed E-state index contributed by atoms with van der Waals surface area (Å²) in [4.78, 5) is 2.30. The number of benzene rings is 6. The van der Waals surface area contributed by atoms with Gasteiger partial charge < -0.3 is 10.2 Å². The Morgan fingerprint density at radius 1 is 0.412 bits per heavy atom. The number of anilines is 5. The molecule has 0 aromatic heterocycles. The standard InChI is InChI=1S/C32H24N2/c1-2-13-28(14-3-1)34(30-20-17-24-9-4-5-11-26(24)23-30)29-21-18-27(19-22-29)33-32-16-8-12-25-10-6-7-15-31(25)32/h1-23,33H. The van der Waals surface area contributed by atoms with Crippen LogP contribution in [-0.2, 0) is 0 Å². The van der Waals surface area contributed by atoms with Gasteiger partial charge >= 0.3 is 0 Å². The van der Waals surface area contributed by atoms with Crippen LogP contribution >= 0.6 is 0 Å². The van der Waals surface area contributed by atoms with Crippen LogP contribution in [0.4, 0.5) is 28.4 Å². The molecular formula is C32H24N2. The molecule has 2 heteroatoms. The zero-order valence-corrected chi connectivity index (χ0v) is 18.7. The van der Waals surface area contributed by atoms with Crippen LogP contribution in [0.3, 0.4) is 0 Å². The Bertz CT molecular complexity index is 1570. The first-order valence-corrected chi connectivity index (χ1v) is 11.5. The third kappa shape index (κ3) is 3.87. The summed E-state index contributed by atoms with van der Waals surface area (Å²) in [5.41, 5.74) is 5.56. The van der Waals surface area contributed by atoms with E-state index in [9.17, 15) is 0 Å². The molecule has 34 heavy (non-hydrogen) atoms. The van der Waals surface area contributed by atoms with E-state index >= 15 is 0 Å². The number of nitrogens with zero attached hydrogens (tertiary/aromatic N) is 1. The molecule has 0 amide bonds. The Kier molecular flexibility index (Phi) is 5.17. The summed E-state index contributed by atoms with van der Waals surface area (Å²) in [6, 6.07) is 49.1. The van der Waals surface area contributed by atoms with E-state index in [1.165, 1.54) is 21.5 Å². The summed E-state index contributed by atoms with van der Waals surface area (Å²) in [5, 5.41) is 8.53. The third-order valence-corrected chi connectivity index (χ3v) is 6.20. The van der Waals surface area contributed by atoms with Crippen molar-refractivity contribution < 1.29 is 0 Å². The van der Waals surface area contributed by atoms with Crippen LogP contribution in [0.25, 0.3) is 21.5 Å². The Labute approximate surface area is 199 Å². The molecule has 0 heterocycles. The largest absolute Gasteiger partial charge is 0.355 e. The van der Waals surface area contributed by atoms with Gasteiger partial charge in [0.2, 0.25) is 0 Å². The Hall–Kier alpha value is -4.56. The molecule has 0 atom stereocenters. The highest BCUT2D eigenvalue weighted by molar-refractivity contribution is 5.95. The molecule has 0 aliphatic carbocycles. The predicted molar refractivity (Wildman–Crippen MR) is 146 cm³/mol. The van der Waals surface area contributed by atoms with Gasteiger partial charge in [0, 0.05) is 33.8 Å². The summed E-state index contributed by atoms with van der Waals surface area (Å²) in [7, 11) is 0. The van der Waals surface area contributed by atoms with Gasteiger partial charge in [0.1, 0.15) is 0 Å². The minimum absolute atomic E-state index is 1.06. The van der Waals surface area contributed by atoms with Crippen LogP contribution < -0.4 is 10.2 Å². The van der Waals surface area contributed by atoms with Crippen LogP contribution in [0.2, 0.25) is 0 Å². The third-order valence-electron chi connectivity index (χ3n) is 6.20. The number of fused-ring (bicyclic) bond motifs is 2. The van der Waals surface area contributed by atoms with Gasteiger partial charge in [0.05, 0.1) is 0 Å². The van der Waals surface area contributed by atoms with Crippen molar-refractivity contribution in [1.29, 1.82) is 0 Å². The maximum absolute atomic E-state index is 3.60. The zero-order valence-electron chi connectivity index (χ0n) is 18.7. The van der Waals surface area contributed by atoms with E-state index in [1.807, 2.05) is 0 Å². The van der Waals surface area contributed by atoms with Crippen molar-refractivity contribution in [3.05, 3.63) is 140 Å². The smallest absolute Gasteiger partial charge is 0.0468 e.